The number of hydrogen-bond donors (Lipinski definition) is 3. The van der Waals surface area contributed by atoms with Crippen LogP contribution in [-0.2, 0) is 30.3 Å². The lowest BCUT2D eigenvalue weighted by molar-refractivity contribution is -0.151. The molecular weight excluding hydrogens is 689 g/mol. The van der Waals surface area contributed by atoms with Crippen LogP contribution in [0.5, 0.6) is 17.2 Å². The van der Waals surface area contributed by atoms with Gasteiger partial charge in [0, 0.05) is 38.9 Å². The lowest BCUT2D eigenvalue weighted by atomic mass is 9.95. The number of nitrogens with zero attached hydrogens (tertiary/aromatic N) is 2. The fourth-order valence-electron chi connectivity index (χ4n) is 6.71. The molecule has 4 amide bonds. The Labute approximate surface area is 306 Å². The minimum absolute atomic E-state index is 0.0471. The number of ether oxygens (including phenoxy) is 4. The maximum Gasteiger partial charge on any atom is 0.326 e. The summed E-state index contributed by atoms with van der Waals surface area (Å²) < 4.78 is 22.7. The fourth-order valence-corrected chi connectivity index (χ4v) is 7.41. The van der Waals surface area contributed by atoms with Gasteiger partial charge in [-0.25, -0.2) is 4.79 Å². The van der Waals surface area contributed by atoms with Gasteiger partial charge in [0.2, 0.25) is 24.5 Å². The summed E-state index contributed by atoms with van der Waals surface area (Å²) in [4.78, 5) is 71.3. The summed E-state index contributed by atoms with van der Waals surface area (Å²) >= 11 is 0. The van der Waals surface area contributed by atoms with E-state index < -0.39 is 53.3 Å². The number of likely N-dealkylation sites (N-methyl/N-ethyl adjacent to an activating group) is 1. The number of carbonyl (C=O) groups is 5. The van der Waals surface area contributed by atoms with Crippen LogP contribution in [0.15, 0.2) is 42.5 Å². The molecule has 14 nitrogen and oxygen atoms in total. The molecule has 3 radical (unpaired) electrons. The van der Waals surface area contributed by atoms with Crippen molar-refractivity contribution in [3.63, 3.8) is 0 Å². The number of amides is 4. The van der Waals surface area contributed by atoms with Crippen molar-refractivity contribution in [2.24, 2.45) is 11.8 Å². The molecule has 2 aromatic carbocycles. The quantitative estimate of drug-likeness (QED) is 0.341. The first-order chi connectivity index (χ1) is 24.8. The van der Waals surface area contributed by atoms with Crippen molar-refractivity contribution in [2.45, 2.75) is 69.6 Å². The Hall–Kier alpha value is -4.63. The highest BCUT2D eigenvalue weighted by molar-refractivity contribution is 6.29. The second-order valence-corrected chi connectivity index (χ2v) is 14.8. The fraction of sp³-hybridized carbons (Fsp3) is 0.541. The number of fused-ring (bicyclic) bond motifs is 2. The highest BCUT2D eigenvalue weighted by Crippen LogP contribution is 2.38. The zero-order valence-electron chi connectivity index (χ0n) is 29.9. The van der Waals surface area contributed by atoms with E-state index in [9.17, 15) is 29.1 Å². The van der Waals surface area contributed by atoms with Gasteiger partial charge in [-0.15, -0.1) is 0 Å². The van der Waals surface area contributed by atoms with Crippen molar-refractivity contribution < 1.29 is 48.0 Å². The van der Waals surface area contributed by atoms with Crippen molar-refractivity contribution in [2.75, 3.05) is 46.8 Å². The summed E-state index contributed by atoms with van der Waals surface area (Å²) in [5.41, 5.74) is 0.869. The number of carboxylic acids is 1. The van der Waals surface area contributed by atoms with Crippen LogP contribution in [-0.4, -0.2) is 119 Å². The van der Waals surface area contributed by atoms with Gasteiger partial charge in [0.05, 0.1) is 34.8 Å². The van der Waals surface area contributed by atoms with Crippen LogP contribution < -0.4 is 24.8 Å². The molecule has 15 heteroatoms. The molecule has 1 fully saturated rings. The molecule has 0 saturated carbocycles. The molecule has 5 rings (SSSR count). The molecule has 0 aliphatic carbocycles. The molecule has 3 heterocycles. The molecule has 1 saturated heterocycles. The van der Waals surface area contributed by atoms with E-state index >= 15 is 0 Å². The van der Waals surface area contributed by atoms with Crippen LogP contribution in [0.4, 0.5) is 0 Å². The molecule has 279 valence electrons. The molecule has 0 aromatic heterocycles. The van der Waals surface area contributed by atoms with Crippen LogP contribution in [0, 0.1) is 11.8 Å². The highest BCUT2D eigenvalue weighted by atomic mass is 28.1. The number of carbonyl (C=O) groups excluding carboxylic acids is 4. The molecular formula is C37H47N4O10Si. The van der Waals surface area contributed by atoms with Crippen molar-refractivity contribution in [1.82, 2.24) is 20.4 Å². The third-order valence-electron chi connectivity index (χ3n) is 9.61. The predicted molar refractivity (Wildman–Crippen MR) is 189 cm³/mol. The molecule has 3 aliphatic rings. The molecule has 0 bridgehead atoms. The van der Waals surface area contributed by atoms with E-state index in [0.29, 0.717) is 31.8 Å². The number of nitrogens with one attached hydrogen (secondary N) is 2. The average molecular weight is 736 g/mol. The minimum Gasteiger partial charge on any atom is -0.490 e. The monoisotopic (exact) mass is 735 g/mol. The van der Waals surface area contributed by atoms with Crippen LogP contribution in [0.25, 0.3) is 0 Å². The van der Waals surface area contributed by atoms with E-state index in [1.807, 2.05) is 44.2 Å². The van der Waals surface area contributed by atoms with Gasteiger partial charge in [-0.3, -0.25) is 19.2 Å². The summed E-state index contributed by atoms with van der Waals surface area (Å²) in [5.74, 6) is -3.07. The van der Waals surface area contributed by atoms with Crippen LogP contribution >= 0.6 is 0 Å². The Morgan fingerprint density at radius 3 is 2.37 bits per heavy atom. The lowest BCUT2D eigenvalue weighted by Crippen LogP contribution is -2.63. The van der Waals surface area contributed by atoms with Crippen molar-refractivity contribution in [3.05, 3.63) is 53.6 Å². The third kappa shape index (κ3) is 9.62. The minimum atomic E-state index is -1.65. The number of rotatable bonds is 8. The number of benzene rings is 2. The van der Waals surface area contributed by atoms with Gasteiger partial charge >= 0.3 is 5.97 Å². The summed E-state index contributed by atoms with van der Waals surface area (Å²) in [6, 6.07) is 10.1. The summed E-state index contributed by atoms with van der Waals surface area (Å²) in [5, 5.41) is 14.0. The normalized spacial score (nSPS) is 23.8. The first kappa shape index (κ1) is 38.6. The molecule has 0 unspecified atom stereocenters. The maximum absolute atomic E-state index is 14.7. The predicted octanol–water partition coefficient (Wildman–Crippen LogP) is 2.12. The molecule has 3 atom stereocenters. The van der Waals surface area contributed by atoms with Gasteiger partial charge in [0.25, 0.3) is 5.91 Å². The van der Waals surface area contributed by atoms with Crippen molar-refractivity contribution in [1.29, 1.82) is 0 Å². The second-order valence-electron chi connectivity index (χ2n) is 14.0. The van der Waals surface area contributed by atoms with E-state index in [1.54, 1.807) is 0 Å². The van der Waals surface area contributed by atoms with Crippen LogP contribution in [0.1, 0.15) is 61.9 Å². The maximum atomic E-state index is 14.7. The summed E-state index contributed by atoms with van der Waals surface area (Å²) in [6.45, 7) is 4.82. The molecule has 0 spiro atoms. The first-order valence-corrected chi connectivity index (χ1v) is 18.2. The largest absolute Gasteiger partial charge is 0.490 e. The van der Waals surface area contributed by atoms with E-state index in [0.717, 1.165) is 18.4 Å². The van der Waals surface area contributed by atoms with Crippen LogP contribution in [0.2, 0.25) is 0 Å². The van der Waals surface area contributed by atoms with Gasteiger partial charge < -0.3 is 44.5 Å². The second kappa shape index (κ2) is 17.3. The smallest absolute Gasteiger partial charge is 0.326 e. The number of aliphatic carboxylic acids is 1. The summed E-state index contributed by atoms with van der Waals surface area (Å²) in [7, 11) is 5.11. The number of carboxylic acid groups (broad SMARTS) is 1. The molecule has 52 heavy (non-hydrogen) atoms. The Balaban J connectivity index is 1.54. The van der Waals surface area contributed by atoms with Gasteiger partial charge in [-0.2, -0.15) is 0 Å². The van der Waals surface area contributed by atoms with E-state index in [4.69, 9.17) is 18.9 Å². The first-order valence-electron chi connectivity index (χ1n) is 17.7. The number of hydrogen-bond acceptors (Lipinski definition) is 9. The van der Waals surface area contributed by atoms with Gasteiger partial charge in [-0.1, -0.05) is 44.2 Å². The van der Waals surface area contributed by atoms with Gasteiger partial charge in [0.1, 0.15) is 23.6 Å². The van der Waals surface area contributed by atoms with Gasteiger partial charge in [-0.05, 0) is 49.5 Å². The van der Waals surface area contributed by atoms with E-state index in [-0.39, 0.29) is 61.8 Å². The third-order valence-corrected chi connectivity index (χ3v) is 10.4. The summed E-state index contributed by atoms with van der Waals surface area (Å²) in [6.07, 6.45) is 2.16. The van der Waals surface area contributed by atoms with E-state index in [2.05, 4.69) is 20.9 Å². The van der Waals surface area contributed by atoms with Crippen LogP contribution in [0.3, 0.4) is 0 Å². The highest BCUT2D eigenvalue weighted by Gasteiger charge is 2.44. The van der Waals surface area contributed by atoms with Crippen molar-refractivity contribution in [3.8, 4) is 17.2 Å². The van der Waals surface area contributed by atoms with Gasteiger partial charge in [0.15, 0.2) is 11.5 Å². The van der Waals surface area contributed by atoms with Crippen molar-refractivity contribution >= 4 is 39.8 Å². The van der Waals surface area contributed by atoms with E-state index in [1.165, 1.54) is 29.0 Å². The topological polar surface area (TPSA) is 173 Å². The standard InChI is InChI=1S/C37H47N4O10Si/c1-23(2)19-37(52)36(47)41(12-9-24-10-13-48-14-11-24)20-32(42)38-26(15-25-7-5-4-6-8-25)21-49-29-18-31-30(50-22-51-31)16-27(29)34(44)39-28(35(45)46)17-33(43)40(37)3/h4-8,16,18,23-24,26,28H,9-15,17,19-22H2,1-3H3,(H,38,42)(H,39,44)(H,45,46)/t26-,28+,37+/m1/s1. The molecule has 3 aliphatic heterocycles. The Morgan fingerprint density at radius 1 is 1.00 bits per heavy atom. The Bertz CT molecular complexity index is 1620. The SMILES string of the molecule is CC(C)C[C@]1([Si])C(=O)N(CCC2CCOCC2)CC(=O)N[C@H](Cc2ccccc2)COc2cc3c(cc2C(=O)N[C@H](C(=O)O)CC(=O)N1C)OCO3. The molecule has 3 N–H and O–H groups in total. The lowest BCUT2D eigenvalue weighted by Gasteiger charge is -2.42. The zero-order chi connectivity index (χ0) is 37.4. The zero-order valence-corrected chi connectivity index (χ0v) is 30.9. The Morgan fingerprint density at radius 2 is 1.69 bits per heavy atom. The Kier molecular flexibility index (Phi) is 12.8. The molecule has 2 aromatic rings. The average Bonchev–Trinajstić information content (AvgIpc) is 3.58.